The summed E-state index contributed by atoms with van der Waals surface area (Å²) in [6, 6.07) is 17.4. The minimum atomic E-state index is -0.345. The molecule has 0 saturated heterocycles. The van der Waals surface area contributed by atoms with E-state index in [9.17, 15) is 14.7 Å². The van der Waals surface area contributed by atoms with Gasteiger partial charge in [-0.1, -0.05) is 48.7 Å². The van der Waals surface area contributed by atoms with Gasteiger partial charge in [0.05, 0.1) is 16.3 Å². The monoisotopic (exact) mass is 520 g/mol. The highest BCUT2D eigenvalue weighted by atomic mass is 35.5. The number of thiophene rings is 1. The molecule has 2 aromatic carbocycles. The molecule has 1 saturated carbocycles. The standard InChI is InChI=1S/C27H25ClN4O3S/c28-21-9-4-3-8-18(21)16-29-27(35)32-23(17-6-1-2-7-17)15-22(31-32)20-12-11-19(14-24(20)33)30-26(34)25-10-5-13-36-25/h3-5,8-15,17,33H,1-2,6-7,16H2,(H,29,35)(H,30,34). The van der Waals surface area contributed by atoms with Gasteiger partial charge in [0, 0.05) is 34.8 Å². The molecule has 7 nitrogen and oxygen atoms in total. The summed E-state index contributed by atoms with van der Waals surface area (Å²) in [5.74, 6) is -0.0398. The van der Waals surface area contributed by atoms with Crippen molar-refractivity contribution in [2.24, 2.45) is 0 Å². The Morgan fingerprint density at radius 2 is 1.89 bits per heavy atom. The number of hydrogen-bond acceptors (Lipinski definition) is 5. The second-order valence-corrected chi connectivity index (χ2v) is 10.1. The molecule has 0 spiro atoms. The van der Waals surface area contributed by atoms with Crippen LogP contribution in [0.3, 0.4) is 0 Å². The number of nitrogens with zero attached hydrogens (tertiary/aromatic N) is 2. The Hall–Kier alpha value is -3.62. The molecule has 5 rings (SSSR count). The van der Waals surface area contributed by atoms with E-state index in [1.807, 2.05) is 35.7 Å². The molecule has 0 bridgehead atoms. The molecule has 1 fully saturated rings. The molecule has 0 atom stereocenters. The number of phenolic OH excluding ortho intramolecular Hbond substituents is 1. The van der Waals surface area contributed by atoms with E-state index < -0.39 is 0 Å². The molecule has 36 heavy (non-hydrogen) atoms. The maximum absolute atomic E-state index is 13.2. The first kappa shape index (κ1) is 24.1. The zero-order valence-corrected chi connectivity index (χ0v) is 21.0. The van der Waals surface area contributed by atoms with Crippen molar-refractivity contribution in [1.82, 2.24) is 15.1 Å². The molecule has 0 unspecified atom stereocenters. The highest BCUT2D eigenvalue weighted by Crippen LogP contribution is 2.38. The summed E-state index contributed by atoms with van der Waals surface area (Å²) in [6.07, 6.45) is 4.19. The largest absolute Gasteiger partial charge is 0.507 e. The molecular formula is C27H25ClN4O3S. The second kappa shape index (κ2) is 10.6. The lowest BCUT2D eigenvalue weighted by atomic mass is 10.0. The number of benzene rings is 2. The highest BCUT2D eigenvalue weighted by molar-refractivity contribution is 7.12. The summed E-state index contributed by atoms with van der Waals surface area (Å²) in [4.78, 5) is 26.1. The number of aromatic hydroxyl groups is 1. The van der Waals surface area contributed by atoms with Crippen molar-refractivity contribution in [1.29, 1.82) is 0 Å². The van der Waals surface area contributed by atoms with Crippen LogP contribution in [0.2, 0.25) is 5.02 Å². The first-order chi connectivity index (χ1) is 17.5. The average Bonchev–Trinajstić information content (AvgIpc) is 3.65. The molecule has 2 aromatic heterocycles. The fraction of sp³-hybridized carbons (Fsp3) is 0.222. The minimum Gasteiger partial charge on any atom is -0.507 e. The smallest absolute Gasteiger partial charge is 0.342 e. The van der Waals surface area contributed by atoms with Gasteiger partial charge in [0.25, 0.3) is 5.91 Å². The highest BCUT2D eigenvalue weighted by Gasteiger charge is 2.26. The molecule has 1 aliphatic rings. The number of carbonyl (C=O) groups excluding carboxylic acids is 2. The molecular weight excluding hydrogens is 496 g/mol. The van der Waals surface area contributed by atoms with Crippen molar-refractivity contribution in [2.75, 3.05) is 5.32 Å². The van der Waals surface area contributed by atoms with E-state index >= 15 is 0 Å². The Balaban J connectivity index is 1.39. The van der Waals surface area contributed by atoms with E-state index in [-0.39, 0.29) is 30.2 Å². The van der Waals surface area contributed by atoms with Crippen LogP contribution in [0.1, 0.15) is 52.5 Å². The summed E-state index contributed by atoms with van der Waals surface area (Å²) in [6.45, 7) is 0.279. The van der Waals surface area contributed by atoms with E-state index in [0.29, 0.717) is 26.8 Å². The molecule has 2 amide bonds. The number of amides is 2. The summed E-state index contributed by atoms with van der Waals surface area (Å²) in [5.41, 5.74) is 3.11. The number of rotatable bonds is 6. The number of nitrogens with one attached hydrogen (secondary N) is 2. The fourth-order valence-electron chi connectivity index (χ4n) is 4.52. The third-order valence-corrected chi connectivity index (χ3v) is 7.60. The van der Waals surface area contributed by atoms with Gasteiger partial charge in [0.1, 0.15) is 5.75 Å². The first-order valence-corrected chi connectivity index (χ1v) is 13.0. The van der Waals surface area contributed by atoms with Gasteiger partial charge < -0.3 is 15.7 Å². The van der Waals surface area contributed by atoms with Gasteiger partial charge in [-0.25, -0.2) is 4.79 Å². The van der Waals surface area contributed by atoms with E-state index in [4.69, 9.17) is 11.6 Å². The van der Waals surface area contributed by atoms with Crippen LogP contribution in [0.25, 0.3) is 11.3 Å². The molecule has 4 aromatic rings. The topological polar surface area (TPSA) is 96.3 Å². The van der Waals surface area contributed by atoms with Gasteiger partial charge in [0.15, 0.2) is 0 Å². The van der Waals surface area contributed by atoms with Crippen LogP contribution in [0, 0.1) is 0 Å². The first-order valence-electron chi connectivity index (χ1n) is 11.8. The Bertz CT molecular complexity index is 1390. The lowest BCUT2D eigenvalue weighted by molar-refractivity contribution is 0.103. The number of anilines is 1. The van der Waals surface area contributed by atoms with Crippen molar-refractivity contribution < 1.29 is 14.7 Å². The Morgan fingerprint density at radius 3 is 2.61 bits per heavy atom. The quantitative estimate of drug-likeness (QED) is 0.265. The number of hydrogen-bond donors (Lipinski definition) is 3. The summed E-state index contributed by atoms with van der Waals surface area (Å²) >= 11 is 7.58. The number of halogens is 1. The zero-order valence-electron chi connectivity index (χ0n) is 19.4. The Labute approximate surface area is 217 Å². The van der Waals surface area contributed by atoms with Crippen LogP contribution >= 0.6 is 22.9 Å². The van der Waals surface area contributed by atoms with Crippen LogP contribution in [-0.2, 0) is 6.54 Å². The zero-order chi connectivity index (χ0) is 25.1. The predicted molar refractivity (Wildman–Crippen MR) is 142 cm³/mol. The number of carbonyl (C=O) groups is 2. The van der Waals surface area contributed by atoms with E-state index in [0.717, 1.165) is 36.9 Å². The molecule has 1 aliphatic carbocycles. The molecule has 184 valence electrons. The van der Waals surface area contributed by atoms with E-state index in [1.54, 1.807) is 24.3 Å². The lowest BCUT2D eigenvalue weighted by Gasteiger charge is -2.12. The maximum atomic E-state index is 13.2. The van der Waals surface area contributed by atoms with Crippen molar-refractivity contribution in [3.05, 3.63) is 87.2 Å². The molecule has 3 N–H and O–H groups in total. The van der Waals surface area contributed by atoms with Gasteiger partial charge >= 0.3 is 6.03 Å². The maximum Gasteiger partial charge on any atom is 0.342 e. The second-order valence-electron chi connectivity index (χ2n) is 8.76. The summed E-state index contributed by atoms with van der Waals surface area (Å²) in [5, 5.41) is 23.5. The predicted octanol–water partition coefficient (Wildman–Crippen LogP) is 6.64. The lowest BCUT2D eigenvalue weighted by Crippen LogP contribution is -2.30. The van der Waals surface area contributed by atoms with Crippen LogP contribution in [0.15, 0.2) is 66.0 Å². The molecule has 0 radical (unpaired) electrons. The number of phenols is 1. The van der Waals surface area contributed by atoms with E-state index in [1.165, 1.54) is 22.1 Å². The van der Waals surface area contributed by atoms with Crippen LogP contribution in [0.5, 0.6) is 5.75 Å². The van der Waals surface area contributed by atoms with Crippen molar-refractivity contribution >= 4 is 40.6 Å². The van der Waals surface area contributed by atoms with Crippen LogP contribution in [-0.4, -0.2) is 26.8 Å². The minimum absolute atomic E-state index is 0.0296. The van der Waals surface area contributed by atoms with Gasteiger partial charge in [-0.05, 0) is 54.1 Å². The Morgan fingerprint density at radius 1 is 1.08 bits per heavy atom. The van der Waals surface area contributed by atoms with E-state index in [2.05, 4.69) is 15.7 Å². The van der Waals surface area contributed by atoms with Gasteiger partial charge in [-0.15, -0.1) is 11.3 Å². The van der Waals surface area contributed by atoms with Gasteiger partial charge in [0.2, 0.25) is 0 Å². The molecule has 0 aliphatic heterocycles. The van der Waals surface area contributed by atoms with Crippen molar-refractivity contribution in [2.45, 2.75) is 38.1 Å². The van der Waals surface area contributed by atoms with Crippen molar-refractivity contribution in [3.8, 4) is 17.0 Å². The fourth-order valence-corrected chi connectivity index (χ4v) is 5.34. The third kappa shape index (κ3) is 5.15. The van der Waals surface area contributed by atoms with Gasteiger partial charge in [-0.3, -0.25) is 4.79 Å². The number of aromatic nitrogens is 2. The SMILES string of the molecule is O=C(Nc1ccc(-c2cc(C3CCCC3)n(C(=O)NCc3ccccc3Cl)n2)c(O)c1)c1cccs1. The molecule has 2 heterocycles. The normalized spacial score (nSPS) is 13.6. The average molecular weight is 521 g/mol. The third-order valence-electron chi connectivity index (χ3n) is 6.37. The van der Waals surface area contributed by atoms with Crippen molar-refractivity contribution in [3.63, 3.8) is 0 Å². The summed E-state index contributed by atoms with van der Waals surface area (Å²) in [7, 11) is 0. The van der Waals surface area contributed by atoms with Crippen LogP contribution in [0.4, 0.5) is 10.5 Å². The molecule has 9 heteroatoms. The summed E-state index contributed by atoms with van der Waals surface area (Å²) < 4.78 is 1.41. The van der Waals surface area contributed by atoms with Gasteiger partial charge in [-0.2, -0.15) is 9.78 Å². The van der Waals surface area contributed by atoms with Crippen LogP contribution < -0.4 is 10.6 Å². The Kier molecular flexibility index (Phi) is 7.06.